The van der Waals surface area contributed by atoms with Crippen LogP contribution in [0, 0.1) is 11.3 Å². The van der Waals surface area contributed by atoms with Crippen LogP contribution in [0.4, 0.5) is 0 Å². The molecule has 96 valence electrons. The second-order valence-electron chi connectivity index (χ2n) is 4.10. The Morgan fingerprint density at radius 2 is 2.16 bits per heavy atom. The molecule has 5 nitrogen and oxygen atoms in total. The first-order valence-electron chi connectivity index (χ1n) is 5.80. The lowest BCUT2D eigenvalue weighted by molar-refractivity contribution is -0.142. The van der Waals surface area contributed by atoms with Crippen molar-refractivity contribution in [3.8, 4) is 6.07 Å². The lowest BCUT2D eigenvalue weighted by Crippen LogP contribution is -2.07. The van der Waals surface area contributed by atoms with Gasteiger partial charge >= 0.3 is 5.97 Å². The highest BCUT2D eigenvalue weighted by molar-refractivity contribution is 5.65. The molecule has 0 saturated carbocycles. The van der Waals surface area contributed by atoms with E-state index < -0.39 is 0 Å². The van der Waals surface area contributed by atoms with Crippen molar-refractivity contribution in [2.45, 2.75) is 20.1 Å². The number of nitriles is 1. The standard InChI is InChI=1S/C14H13N3O2/c1-11(18)19-9-14-7-16-10-17(14)8-13-4-2-12(6-15)3-5-13/h2-5,7,10H,8-9H2,1H3. The summed E-state index contributed by atoms with van der Waals surface area (Å²) in [5.41, 5.74) is 2.52. The highest BCUT2D eigenvalue weighted by Crippen LogP contribution is 2.09. The zero-order valence-electron chi connectivity index (χ0n) is 10.5. The molecule has 0 saturated heterocycles. The van der Waals surface area contributed by atoms with E-state index in [4.69, 9.17) is 10.00 Å². The van der Waals surface area contributed by atoms with Crippen molar-refractivity contribution in [3.05, 3.63) is 53.6 Å². The Labute approximate surface area is 111 Å². The fourth-order valence-electron chi connectivity index (χ4n) is 1.67. The van der Waals surface area contributed by atoms with E-state index in [1.54, 1.807) is 24.7 Å². The van der Waals surface area contributed by atoms with Crippen LogP contribution in [0.1, 0.15) is 23.7 Å². The number of hydrogen-bond donors (Lipinski definition) is 0. The Balaban J connectivity index is 2.08. The van der Waals surface area contributed by atoms with Gasteiger partial charge in [0.25, 0.3) is 0 Å². The normalized spacial score (nSPS) is 9.89. The molecule has 0 aliphatic heterocycles. The summed E-state index contributed by atoms with van der Waals surface area (Å²) in [4.78, 5) is 14.8. The summed E-state index contributed by atoms with van der Waals surface area (Å²) >= 11 is 0. The van der Waals surface area contributed by atoms with Crippen LogP contribution >= 0.6 is 0 Å². The van der Waals surface area contributed by atoms with Crippen LogP contribution in [0.5, 0.6) is 0 Å². The topological polar surface area (TPSA) is 67.9 Å². The van der Waals surface area contributed by atoms with Crippen LogP contribution in [-0.4, -0.2) is 15.5 Å². The molecule has 1 heterocycles. The van der Waals surface area contributed by atoms with E-state index in [0.717, 1.165) is 11.3 Å². The molecule has 0 radical (unpaired) electrons. The third-order valence-corrected chi connectivity index (χ3v) is 2.66. The Morgan fingerprint density at radius 3 is 2.79 bits per heavy atom. The summed E-state index contributed by atoms with van der Waals surface area (Å²) in [5.74, 6) is -0.314. The first-order valence-corrected chi connectivity index (χ1v) is 5.80. The number of hydrogen-bond acceptors (Lipinski definition) is 4. The molecule has 2 aromatic rings. The number of nitrogens with zero attached hydrogens (tertiary/aromatic N) is 3. The molecule has 5 heteroatoms. The lowest BCUT2D eigenvalue weighted by atomic mass is 10.1. The molecular formula is C14H13N3O2. The van der Waals surface area contributed by atoms with Gasteiger partial charge in [0.05, 0.1) is 29.9 Å². The molecule has 0 fully saturated rings. The Bertz CT molecular complexity index is 608. The van der Waals surface area contributed by atoms with Crippen LogP contribution in [0.3, 0.4) is 0 Å². The maximum atomic E-state index is 10.8. The maximum absolute atomic E-state index is 10.8. The third kappa shape index (κ3) is 3.42. The van der Waals surface area contributed by atoms with Crippen molar-refractivity contribution in [2.75, 3.05) is 0 Å². The van der Waals surface area contributed by atoms with Crippen molar-refractivity contribution >= 4 is 5.97 Å². The summed E-state index contributed by atoms with van der Waals surface area (Å²) < 4.78 is 6.87. The average Bonchev–Trinajstić information content (AvgIpc) is 2.84. The van der Waals surface area contributed by atoms with E-state index in [9.17, 15) is 4.79 Å². The number of ether oxygens (including phenoxy) is 1. The molecule has 1 aromatic carbocycles. The molecule has 0 bridgehead atoms. The number of rotatable bonds is 4. The third-order valence-electron chi connectivity index (χ3n) is 2.66. The van der Waals surface area contributed by atoms with Gasteiger partial charge in [-0.2, -0.15) is 5.26 Å². The highest BCUT2D eigenvalue weighted by atomic mass is 16.5. The van der Waals surface area contributed by atoms with Gasteiger partial charge in [-0.1, -0.05) is 12.1 Å². The molecule has 0 amide bonds. The van der Waals surface area contributed by atoms with Gasteiger partial charge in [-0.25, -0.2) is 4.98 Å². The van der Waals surface area contributed by atoms with E-state index in [1.807, 2.05) is 16.7 Å². The lowest BCUT2D eigenvalue weighted by Gasteiger charge is -2.08. The van der Waals surface area contributed by atoms with Gasteiger partial charge < -0.3 is 9.30 Å². The van der Waals surface area contributed by atoms with Crippen LogP contribution in [0.25, 0.3) is 0 Å². The summed E-state index contributed by atoms with van der Waals surface area (Å²) in [6, 6.07) is 9.43. The molecule has 0 aliphatic rings. The molecule has 0 atom stereocenters. The molecule has 19 heavy (non-hydrogen) atoms. The number of imidazole rings is 1. The van der Waals surface area contributed by atoms with Crippen LogP contribution in [-0.2, 0) is 22.7 Å². The Hall–Kier alpha value is -2.61. The first-order chi connectivity index (χ1) is 9.19. The monoisotopic (exact) mass is 255 g/mol. The van der Waals surface area contributed by atoms with Gasteiger partial charge in [-0.3, -0.25) is 4.79 Å². The predicted molar refractivity (Wildman–Crippen MR) is 68.0 cm³/mol. The Kier molecular flexibility index (Phi) is 3.94. The zero-order valence-corrected chi connectivity index (χ0v) is 10.5. The van der Waals surface area contributed by atoms with Gasteiger partial charge in [-0.15, -0.1) is 0 Å². The van der Waals surface area contributed by atoms with Crippen LogP contribution in [0.15, 0.2) is 36.8 Å². The van der Waals surface area contributed by atoms with Crippen LogP contribution < -0.4 is 0 Å². The Morgan fingerprint density at radius 1 is 1.42 bits per heavy atom. The predicted octanol–water partition coefficient (Wildman–Crippen LogP) is 1.87. The second-order valence-corrected chi connectivity index (χ2v) is 4.10. The molecule has 0 unspecified atom stereocenters. The number of esters is 1. The van der Waals surface area contributed by atoms with Gasteiger partial charge in [-0.05, 0) is 17.7 Å². The maximum Gasteiger partial charge on any atom is 0.303 e. The van der Waals surface area contributed by atoms with E-state index in [0.29, 0.717) is 12.1 Å². The first kappa shape index (κ1) is 12.8. The summed E-state index contributed by atoms with van der Waals surface area (Å²) in [6.07, 6.45) is 3.36. The highest BCUT2D eigenvalue weighted by Gasteiger charge is 2.05. The second kappa shape index (κ2) is 5.83. The van der Waals surface area contributed by atoms with Crippen molar-refractivity contribution in [2.24, 2.45) is 0 Å². The van der Waals surface area contributed by atoms with E-state index in [2.05, 4.69) is 11.1 Å². The average molecular weight is 255 g/mol. The van der Waals surface area contributed by atoms with E-state index in [-0.39, 0.29) is 12.6 Å². The molecular weight excluding hydrogens is 242 g/mol. The number of aromatic nitrogens is 2. The molecule has 2 rings (SSSR count). The number of carbonyl (C=O) groups is 1. The fourth-order valence-corrected chi connectivity index (χ4v) is 1.67. The molecule has 1 aromatic heterocycles. The molecule has 0 N–H and O–H groups in total. The quantitative estimate of drug-likeness (QED) is 0.782. The van der Waals surface area contributed by atoms with Crippen molar-refractivity contribution in [1.29, 1.82) is 5.26 Å². The summed E-state index contributed by atoms with van der Waals surface area (Å²) in [6.45, 7) is 2.22. The minimum atomic E-state index is -0.314. The SMILES string of the molecule is CC(=O)OCc1cncn1Cc1ccc(C#N)cc1. The van der Waals surface area contributed by atoms with Crippen molar-refractivity contribution in [1.82, 2.24) is 9.55 Å². The van der Waals surface area contributed by atoms with Gasteiger partial charge in [0.2, 0.25) is 0 Å². The molecule has 0 aliphatic carbocycles. The minimum Gasteiger partial charge on any atom is -0.459 e. The van der Waals surface area contributed by atoms with Crippen molar-refractivity contribution < 1.29 is 9.53 Å². The smallest absolute Gasteiger partial charge is 0.303 e. The zero-order chi connectivity index (χ0) is 13.7. The van der Waals surface area contributed by atoms with Crippen molar-refractivity contribution in [3.63, 3.8) is 0 Å². The number of carbonyl (C=O) groups excluding carboxylic acids is 1. The minimum absolute atomic E-state index is 0.214. The molecule has 0 spiro atoms. The number of benzene rings is 1. The largest absolute Gasteiger partial charge is 0.459 e. The van der Waals surface area contributed by atoms with Gasteiger partial charge in [0, 0.05) is 13.5 Å². The van der Waals surface area contributed by atoms with E-state index >= 15 is 0 Å². The van der Waals surface area contributed by atoms with Gasteiger partial charge in [0.1, 0.15) is 6.61 Å². The van der Waals surface area contributed by atoms with Gasteiger partial charge in [0.15, 0.2) is 0 Å². The van der Waals surface area contributed by atoms with E-state index in [1.165, 1.54) is 6.92 Å². The fraction of sp³-hybridized carbons (Fsp3) is 0.214. The summed E-state index contributed by atoms with van der Waals surface area (Å²) in [5, 5.41) is 8.74. The summed E-state index contributed by atoms with van der Waals surface area (Å²) in [7, 11) is 0. The van der Waals surface area contributed by atoms with Crippen LogP contribution in [0.2, 0.25) is 0 Å².